The number of allylic oxidation sites excluding steroid dienone is 3. The van der Waals surface area contributed by atoms with Gasteiger partial charge in [0, 0.05) is 28.5 Å². The smallest absolute Gasteiger partial charge is 0.208 e. The van der Waals surface area contributed by atoms with Gasteiger partial charge in [0.05, 0.1) is 10.8 Å². The molecule has 0 fully saturated rings. The van der Waals surface area contributed by atoms with Gasteiger partial charge in [-0.05, 0) is 35.2 Å². The zero-order chi connectivity index (χ0) is 22.6. The topological polar surface area (TPSA) is 86.5 Å². The van der Waals surface area contributed by atoms with Crippen LogP contribution in [0.3, 0.4) is 0 Å². The summed E-state index contributed by atoms with van der Waals surface area (Å²) >= 11 is 12.6. The van der Waals surface area contributed by atoms with E-state index in [9.17, 15) is 13.2 Å². The van der Waals surface area contributed by atoms with Gasteiger partial charge in [-0.1, -0.05) is 61.3 Å². The van der Waals surface area contributed by atoms with Gasteiger partial charge in [-0.3, -0.25) is 4.79 Å². The van der Waals surface area contributed by atoms with Gasteiger partial charge in [0.2, 0.25) is 15.7 Å². The lowest BCUT2D eigenvalue weighted by molar-refractivity contribution is -0.119. The number of benzene rings is 2. The minimum Gasteiger partial charge on any atom is -0.444 e. The molecule has 2 aliphatic rings. The summed E-state index contributed by atoms with van der Waals surface area (Å²) in [6.07, 6.45) is 0.713. The number of nitrogens with two attached hydrogens (primary N) is 1. The first-order valence-electron chi connectivity index (χ1n) is 9.70. The van der Waals surface area contributed by atoms with Gasteiger partial charge in [-0.2, -0.15) is 0 Å². The van der Waals surface area contributed by atoms with Crippen LogP contribution in [0.5, 0.6) is 0 Å². The Labute approximate surface area is 191 Å². The summed E-state index contributed by atoms with van der Waals surface area (Å²) in [6.45, 7) is 3.91. The summed E-state index contributed by atoms with van der Waals surface area (Å²) in [5.74, 6) is -1.02. The lowest BCUT2D eigenvalue weighted by Crippen LogP contribution is -2.35. The van der Waals surface area contributed by atoms with E-state index in [1.807, 2.05) is 13.8 Å². The molecule has 31 heavy (non-hydrogen) atoms. The zero-order valence-electron chi connectivity index (χ0n) is 17.0. The maximum Gasteiger partial charge on any atom is 0.208 e. The van der Waals surface area contributed by atoms with Crippen LogP contribution in [0.1, 0.15) is 38.2 Å². The number of halogens is 2. The Bertz CT molecular complexity index is 1250. The molecule has 8 heteroatoms. The Balaban J connectivity index is 1.99. The normalized spacial score (nSPS) is 21.0. The summed E-state index contributed by atoms with van der Waals surface area (Å²) in [5, 5.41) is 0.646. The quantitative estimate of drug-likeness (QED) is 0.643. The van der Waals surface area contributed by atoms with Crippen LogP contribution in [0.15, 0.2) is 75.5 Å². The van der Waals surface area contributed by atoms with Crippen LogP contribution < -0.4 is 5.73 Å². The predicted molar refractivity (Wildman–Crippen MR) is 120 cm³/mol. The first-order chi connectivity index (χ1) is 14.5. The van der Waals surface area contributed by atoms with Crippen molar-refractivity contribution in [2.45, 2.75) is 37.5 Å². The summed E-state index contributed by atoms with van der Waals surface area (Å²) in [5.41, 5.74) is 6.60. The number of carbonyl (C=O) groups excluding carboxylic acids is 1. The first kappa shape index (κ1) is 21.9. The summed E-state index contributed by atoms with van der Waals surface area (Å²) < 4.78 is 33.1. The fourth-order valence-corrected chi connectivity index (χ4v) is 6.34. The van der Waals surface area contributed by atoms with Gasteiger partial charge < -0.3 is 10.5 Å². The molecule has 0 saturated heterocycles. The van der Waals surface area contributed by atoms with Gasteiger partial charge in [0.15, 0.2) is 5.78 Å². The van der Waals surface area contributed by atoms with E-state index < -0.39 is 15.8 Å². The van der Waals surface area contributed by atoms with E-state index in [1.165, 1.54) is 18.2 Å². The van der Waals surface area contributed by atoms with Crippen LogP contribution >= 0.6 is 23.2 Å². The third-order valence-electron chi connectivity index (χ3n) is 5.52. The Morgan fingerprint density at radius 3 is 2.39 bits per heavy atom. The molecule has 2 N–H and O–H groups in total. The minimum atomic E-state index is -4.09. The van der Waals surface area contributed by atoms with Gasteiger partial charge >= 0.3 is 0 Å². The molecule has 0 amide bonds. The van der Waals surface area contributed by atoms with E-state index in [4.69, 9.17) is 33.7 Å². The van der Waals surface area contributed by atoms with Crippen LogP contribution in [0.2, 0.25) is 10.0 Å². The molecular weight excluding hydrogens is 457 g/mol. The third-order valence-corrected chi connectivity index (χ3v) is 7.99. The Morgan fingerprint density at radius 1 is 1.06 bits per heavy atom. The van der Waals surface area contributed by atoms with Gasteiger partial charge in [0.25, 0.3) is 0 Å². The number of sulfone groups is 1. The van der Waals surface area contributed by atoms with Crippen LogP contribution in [-0.2, 0) is 19.4 Å². The van der Waals surface area contributed by atoms with E-state index in [-0.39, 0.29) is 43.9 Å². The Hall–Kier alpha value is -2.28. The van der Waals surface area contributed by atoms with Crippen molar-refractivity contribution >= 4 is 38.8 Å². The van der Waals surface area contributed by atoms with Crippen molar-refractivity contribution in [2.24, 2.45) is 11.1 Å². The number of hydrogen-bond donors (Lipinski definition) is 1. The largest absolute Gasteiger partial charge is 0.444 e. The lowest BCUT2D eigenvalue weighted by atomic mass is 9.72. The second kappa shape index (κ2) is 7.69. The number of carbonyl (C=O) groups is 1. The highest BCUT2D eigenvalue weighted by Crippen LogP contribution is 2.51. The maximum absolute atomic E-state index is 13.6. The fraction of sp³-hybridized carbons (Fsp3) is 0.261. The molecule has 1 heterocycles. The summed E-state index contributed by atoms with van der Waals surface area (Å²) in [7, 11) is -4.09. The Morgan fingerprint density at radius 2 is 1.74 bits per heavy atom. The highest BCUT2D eigenvalue weighted by atomic mass is 35.5. The fourth-order valence-electron chi connectivity index (χ4n) is 4.19. The highest BCUT2D eigenvalue weighted by molar-refractivity contribution is 7.95. The highest BCUT2D eigenvalue weighted by Gasteiger charge is 2.47. The number of hydrogen-bond acceptors (Lipinski definition) is 5. The van der Waals surface area contributed by atoms with Crippen molar-refractivity contribution in [3.63, 3.8) is 0 Å². The van der Waals surface area contributed by atoms with Gasteiger partial charge in [-0.15, -0.1) is 0 Å². The molecule has 162 valence electrons. The van der Waals surface area contributed by atoms with E-state index >= 15 is 0 Å². The molecule has 1 aliphatic heterocycles. The molecule has 0 radical (unpaired) electrons. The van der Waals surface area contributed by atoms with Crippen molar-refractivity contribution in [3.8, 4) is 0 Å². The number of rotatable bonds is 3. The van der Waals surface area contributed by atoms with Gasteiger partial charge in [0.1, 0.15) is 10.7 Å². The van der Waals surface area contributed by atoms with Crippen LogP contribution in [0.4, 0.5) is 0 Å². The number of ketones is 1. The minimum absolute atomic E-state index is 0.0549. The average Bonchev–Trinajstić information content (AvgIpc) is 2.66. The van der Waals surface area contributed by atoms with E-state index in [0.717, 1.165) is 0 Å². The average molecular weight is 478 g/mol. The SMILES string of the molecule is CC1(C)CC(=O)C2=C(C1)OC(N)=C(S(=O)(=O)c1ccccc1)C2c1ccc(Cl)cc1Cl. The molecule has 4 rings (SSSR count). The van der Waals surface area contributed by atoms with Crippen LogP contribution in [0.25, 0.3) is 0 Å². The monoisotopic (exact) mass is 477 g/mol. The standard InChI is InChI=1S/C23H21Cl2NO4S/c1-23(2)11-17(27)20-18(12-23)30-22(26)21(31(28,29)14-6-4-3-5-7-14)19(20)15-9-8-13(24)10-16(15)25/h3-10,19H,11-12,26H2,1-2H3. The predicted octanol–water partition coefficient (Wildman–Crippen LogP) is 5.35. The van der Waals surface area contributed by atoms with Gasteiger partial charge in [-0.25, -0.2) is 8.42 Å². The van der Waals surface area contributed by atoms with Crippen molar-refractivity contribution in [1.82, 2.24) is 0 Å². The molecule has 0 aromatic heterocycles. The third kappa shape index (κ3) is 3.88. The second-order valence-electron chi connectivity index (χ2n) is 8.52. The molecule has 1 atom stereocenters. The maximum atomic E-state index is 13.6. The molecule has 1 unspecified atom stereocenters. The number of Topliss-reactive ketones (excluding diaryl/α,β-unsaturated/α-hetero) is 1. The lowest BCUT2D eigenvalue weighted by Gasteiger charge is -2.38. The van der Waals surface area contributed by atoms with Crippen LogP contribution in [0, 0.1) is 5.41 Å². The van der Waals surface area contributed by atoms with E-state index in [1.54, 1.807) is 30.3 Å². The molecular formula is C23H21Cl2NO4S. The number of ether oxygens (including phenoxy) is 1. The molecule has 0 bridgehead atoms. The van der Waals surface area contributed by atoms with Crippen LogP contribution in [-0.4, -0.2) is 14.2 Å². The summed E-state index contributed by atoms with van der Waals surface area (Å²) in [6, 6.07) is 12.7. The van der Waals surface area contributed by atoms with Crippen molar-refractivity contribution in [1.29, 1.82) is 0 Å². The zero-order valence-corrected chi connectivity index (χ0v) is 19.3. The molecule has 2 aromatic carbocycles. The van der Waals surface area contributed by atoms with Crippen molar-refractivity contribution < 1.29 is 17.9 Å². The Kier molecular flexibility index (Phi) is 5.44. The molecule has 1 aliphatic carbocycles. The summed E-state index contributed by atoms with van der Waals surface area (Å²) in [4.78, 5) is 13.1. The second-order valence-corrected chi connectivity index (χ2v) is 11.3. The molecule has 0 spiro atoms. The van der Waals surface area contributed by atoms with E-state index in [0.29, 0.717) is 22.8 Å². The molecule has 0 saturated carbocycles. The first-order valence-corrected chi connectivity index (χ1v) is 11.9. The van der Waals surface area contributed by atoms with Crippen molar-refractivity contribution in [3.05, 3.63) is 86.3 Å². The molecule has 2 aromatic rings. The van der Waals surface area contributed by atoms with E-state index in [2.05, 4.69) is 0 Å². The molecule has 5 nitrogen and oxygen atoms in total. The van der Waals surface area contributed by atoms with Crippen molar-refractivity contribution in [2.75, 3.05) is 0 Å².